The van der Waals surface area contributed by atoms with Gasteiger partial charge in [0.15, 0.2) is 17.5 Å². The first-order chi connectivity index (χ1) is 24.4. The average Bonchev–Trinajstić information content (AvgIpc) is 3.75. The monoisotopic (exact) mass is 657 g/mol. The van der Waals surface area contributed by atoms with Crippen molar-refractivity contribution in [3.05, 3.63) is 163 Å². The number of nitrogens with zero attached hydrogens (tertiary/aromatic N) is 5. The van der Waals surface area contributed by atoms with Crippen molar-refractivity contribution in [3.8, 4) is 45.5 Å². The number of rotatable bonds is 5. The highest BCUT2D eigenvalue weighted by Gasteiger charge is 2.34. The Balaban J connectivity index is 1.21. The molecule has 0 N–H and O–H groups in total. The van der Waals surface area contributed by atoms with E-state index < -0.39 is 11.7 Å². The number of benzene rings is 6. The van der Waals surface area contributed by atoms with Crippen LogP contribution < -0.4 is 0 Å². The molecule has 0 atom stereocenters. The van der Waals surface area contributed by atoms with Crippen molar-refractivity contribution in [1.82, 2.24) is 24.1 Å². The normalized spacial score (nSPS) is 11.9. The van der Waals surface area contributed by atoms with E-state index in [1.165, 1.54) is 12.1 Å². The number of para-hydroxylation sites is 2. The summed E-state index contributed by atoms with van der Waals surface area (Å²) in [6, 6.07) is 47.4. The Bertz CT molecular complexity index is 2620. The first kappa shape index (κ1) is 29.6. The fraction of sp³-hybridized carbons (Fsp3) is 0.0238. The van der Waals surface area contributed by atoms with Crippen molar-refractivity contribution >= 4 is 32.7 Å². The van der Waals surface area contributed by atoms with E-state index in [1.54, 1.807) is 16.8 Å². The van der Waals surface area contributed by atoms with Crippen LogP contribution in [0.25, 0.3) is 78.2 Å². The largest absolute Gasteiger partial charge is 0.418 e. The third kappa shape index (κ3) is 4.92. The van der Waals surface area contributed by atoms with E-state index in [4.69, 9.17) is 15.0 Å². The van der Waals surface area contributed by atoms with Crippen molar-refractivity contribution in [1.29, 1.82) is 0 Å². The Hall–Kier alpha value is -6.54. The summed E-state index contributed by atoms with van der Waals surface area (Å²) in [4.78, 5) is 14.6. The van der Waals surface area contributed by atoms with Gasteiger partial charge in [-0.1, -0.05) is 97.1 Å². The lowest BCUT2D eigenvalue weighted by Gasteiger charge is -2.15. The molecule has 0 bridgehead atoms. The lowest BCUT2D eigenvalue weighted by atomic mass is 10.1. The van der Waals surface area contributed by atoms with E-state index in [1.807, 2.05) is 115 Å². The molecule has 0 fully saturated rings. The summed E-state index contributed by atoms with van der Waals surface area (Å²) in [5.74, 6) is 1.72. The van der Waals surface area contributed by atoms with Gasteiger partial charge in [0, 0.05) is 44.7 Å². The summed E-state index contributed by atoms with van der Waals surface area (Å²) in [7, 11) is 0. The number of halogens is 3. The average molecular weight is 658 g/mol. The maximum absolute atomic E-state index is 14.1. The lowest BCUT2D eigenvalue weighted by Crippen LogP contribution is -2.10. The molecule has 8 heteroatoms. The van der Waals surface area contributed by atoms with Crippen LogP contribution in [-0.4, -0.2) is 24.1 Å². The van der Waals surface area contributed by atoms with Crippen molar-refractivity contribution in [2.45, 2.75) is 6.18 Å². The van der Waals surface area contributed by atoms with Crippen LogP contribution in [0, 0.1) is 0 Å². The van der Waals surface area contributed by atoms with Gasteiger partial charge in [-0.3, -0.25) is 0 Å². The molecule has 0 saturated carbocycles. The molecular formula is C42H26F3N5. The van der Waals surface area contributed by atoms with Gasteiger partial charge in [0.1, 0.15) is 0 Å². The molecule has 0 amide bonds. The van der Waals surface area contributed by atoms with Gasteiger partial charge < -0.3 is 9.13 Å². The van der Waals surface area contributed by atoms with E-state index in [9.17, 15) is 13.2 Å². The zero-order valence-corrected chi connectivity index (χ0v) is 26.4. The van der Waals surface area contributed by atoms with Gasteiger partial charge in [-0.05, 0) is 54.6 Å². The van der Waals surface area contributed by atoms with Crippen molar-refractivity contribution in [3.63, 3.8) is 0 Å². The molecule has 0 aliphatic carbocycles. The van der Waals surface area contributed by atoms with Gasteiger partial charge in [-0.25, -0.2) is 15.0 Å². The lowest BCUT2D eigenvalue weighted by molar-refractivity contribution is -0.137. The summed E-state index contributed by atoms with van der Waals surface area (Å²) < 4.78 is 46.0. The molecule has 9 aromatic rings. The van der Waals surface area contributed by atoms with Crippen molar-refractivity contribution in [2.24, 2.45) is 0 Å². The Morgan fingerprint density at radius 1 is 0.440 bits per heavy atom. The van der Waals surface area contributed by atoms with Crippen LogP contribution in [0.5, 0.6) is 0 Å². The second-order valence-corrected chi connectivity index (χ2v) is 12.0. The van der Waals surface area contributed by atoms with Crippen LogP contribution >= 0.6 is 0 Å². The highest BCUT2D eigenvalue weighted by molar-refractivity contribution is 6.18. The zero-order chi connectivity index (χ0) is 33.8. The predicted octanol–water partition coefficient (Wildman–Crippen LogP) is 10.9. The first-order valence-electron chi connectivity index (χ1n) is 16.1. The van der Waals surface area contributed by atoms with Gasteiger partial charge in [0.05, 0.1) is 27.8 Å². The second kappa shape index (κ2) is 11.6. The van der Waals surface area contributed by atoms with Crippen molar-refractivity contribution < 1.29 is 13.2 Å². The van der Waals surface area contributed by atoms with Gasteiger partial charge >= 0.3 is 6.18 Å². The van der Waals surface area contributed by atoms with Crippen LogP contribution in [-0.2, 0) is 6.18 Å². The molecule has 0 radical (unpaired) electrons. The molecular weight excluding hydrogens is 631 g/mol. The Morgan fingerprint density at radius 2 is 1.00 bits per heavy atom. The number of fused-ring (bicyclic) bond motifs is 5. The molecule has 9 rings (SSSR count). The molecule has 3 aromatic heterocycles. The number of hydrogen-bond acceptors (Lipinski definition) is 3. The van der Waals surface area contributed by atoms with Crippen LogP contribution in [0.3, 0.4) is 0 Å². The molecule has 0 unspecified atom stereocenters. The van der Waals surface area contributed by atoms with Gasteiger partial charge in [0.25, 0.3) is 0 Å². The topological polar surface area (TPSA) is 48.5 Å². The Labute approximate surface area is 284 Å². The summed E-state index contributed by atoms with van der Waals surface area (Å²) in [5.41, 5.74) is 5.50. The highest BCUT2D eigenvalue weighted by atomic mass is 19.4. The van der Waals surface area contributed by atoms with Crippen LogP contribution in [0.2, 0.25) is 0 Å². The second-order valence-electron chi connectivity index (χ2n) is 12.0. The van der Waals surface area contributed by atoms with Crippen LogP contribution in [0.4, 0.5) is 13.2 Å². The van der Waals surface area contributed by atoms with E-state index >= 15 is 0 Å². The molecule has 50 heavy (non-hydrogen) atoms. The van der Waals surface area contributed by atoms with E-state index in [0.29, 0.717) is 23.0 Å². The summed E-state index contributed by atoms with van der Waals surface area (Å²) in [6.07, 6.45) is -2.77. The smallest absolute Gasteiger partial charge is 0.316 e. The molecule has 5 nitrogen and oxygen atoms in total. The van der Waals surface area contributed by atoms with Gasteiger partial charge in [-0.2, -0.15) is 13.2 Å². The first-order valence-corrected chi connectivity index (χ1v) is 16.1. The number of hydrogen-bond donors (Lipinski definition) is 0. The minimum Gasteiger partial charge on any atom is -0.316 e. The SMILES string of the molecule is FC(F)(F)c1ccccc1-n1ccc2c1ccc1c3ccccc3n(-c3ccc(-c4nc(-c5ccccc5)nc(-c5ccccc5)n4)cc3)c12. The highest BCUT2D eigenvalue weighted by Crippen LogP contribution is 2.40. The van der Waals surface area contributed by atoms with Crippen LogP contribution in [0.1, 0.15) is 5.56 Å². The zero-order valence-electron chi connectivity index (χ0n) is 26.4. The summed E-state index contributed by atoms with van der Waals surface area (Å²) >= 11 is 0. The van der Waals surface area contributed by atoms with Gasteiger partial charge in [0.2, 0.25) is 0 Å². The summed E-state index contributed by atoms with van der Waals surface area (Å²) in [5, 5.41) is 2.91. The molecule has 0 aliphatic rings. The van der Waals surface area contributed by atoms with E-state index in [2.05, 4.69) is 16.7 Å². The predicted molar refractivity (Wildman–Crippen MR) is 192 cm³/mol. The number of aromatic nitrogens is 5. The molecule has 0 aliphatic heterocycles. The van der Waals surface area contributed by atoms with E-state index in [-0.39, 0.29) is 5.69 Å². The Kier molecular flexibility index (Phi) is 6.84. The minimum atomic E-state index is -4.49. The van der Waals surface area contributed by atoms with Gasteiger partial charge in [-0.15, -0.1) is 0 Å². The van der Waals surface area contributed by atoms with Crippen LogP contribution in [0.15, 0.2) is 158 Å². The third-order valence-corrected chi connectivity index (χ3v) is 9.05. The van der Waals surface area contributed by atoms with Crippen molar-refractivity contribution in [2.75, 3.05) is 0 Å². The minimum absolute atomic E-state index is 0.0865. The summed E-state index contributed by atoms with van der Waals surface area (Å²) in [6.45, 7) is 0. The molecule has 0 spiro atoms. The molecule has 6 aromatic carbocycles. The molecule has 240 valence electrons. The molecule has 0 saturated heterocycles. The quantitative estimate of drug-likeness (QED) is 0.185. The fourth-order valence-corrected chi connectivity index (χ4v) is 6.78. The fourth-order valence-electron chi connectivity index (χ4n) is 6.78. The standard InChI is InChI=1S/C42H26F3N5/c43-42(44,45)34-16-8-10-18-37(34)49-26-25-33-35(49)24-23-32-31-15-7-9-17-36(31)50(38(32)33)30-21-19-29(20-22-30)41-47-39(27-11-3-1-4-12-27)46-40(48-41)28-13-5-2-6-14-28/h1-26H. The maximum Gasteiger partial charge on any atom is 0.418 e. The molecule has 3 heterocycles. The third-order valence-electron chi connectivity index (χ3n) is 9.05. The van der Waals surface area contributed by atoms with E-state index in [0.717, 1.165) is 55.6 Å². The maximum atomic E-state index is 14.1. The number of alkyl halides is 3. The Morgan fingerprint density at radius 3 is 1.64 bits per heavy atom.